The van der Waals surface area contributed by atoms with Gasteiger partial charge in [0.25, 0.3) is 5.91 Å². The third kappa shape index (κ3) is 4.16. The molecule has 144 valence electrons. The minimum atomic E-state index is -0.293. The van der Waals surface area contributed by atoms with Gasteiger partial charge >= 0.3 is 0 Å². The van der Waals surface area contributed by atoms with E-state index in [4.69, 9.17) is 23.2 Å². The number of aromatic nitrogens is 3. The minimum absolute atomic E-state index is 0.293. The molecule has 2 aromatic carbocycles. The second-order valence-electron chi connectivity index (χ2n) is 6.46. The normalized spacial score (nSPS) is 10.7. The van der Waals surface area contributed by atoms with Crippen LogP contribution in [0.15, 0.2) is 73.2 Å². The Morgan fingerprint density at radius 2 is 1.72 bits per heavy atom. The van der Waals surface area contributed by atoms with Crippen molar-refractivity contribution in [2.45, 2.75) is 6.92 Å². The van der Waals surface area contributed by atoms with E-state index in [2.05, 4.69) is 15.4 Å². The van der Waals surface area contributed by atoms with Crippen molar-refractivity contribution in [2.24, 2.45) is 0 Å². The van der Waals surface area contributed by atoms with Crippen LogP contribution < -0.4 is 5.32 Å². The van der Waals surface area contributed by atoms with Gasteiger partial charge in [0.1, 0.15) is 0 Å². The smallest absolute Gasteiger partial charge is 0.276 e. The predicted octanol–water partition coefficient (Wildman–Crippen LogP) is 5.80. The summed E-state index contributed by atoms with van der Waals surface area (Å²) in [7, 11) is 0. The molecule has 4 rings (SSSR count). The summed E-state index contributed by atoms with van der Waals surface area (Å²) in [5.74, 6) is -0.293. The molecule has 2 heterocycles. The maximum Gasteiger partial charge on any atom is 0.276 e. The molecule has 1 N–H and O–H groups in total. The Balaban J connectivity index is 1.57. The summed E-state index contributed by atoms with van der Waals surface area (Å²) in [4.78, 5) is 16.8. The SMILES string of the molecule is Cc1ccc(-c2ccncc2)cc1NC(=O)c1ccn(-c2ccc(Cl)c(Cl)c2)n1. The quantitative estimate of drug-likeness (QED) is 0.451. The molecular weight excluding hydrogens is 407 g/mol. The predicted molar refractivity (Wildman–Crippen MR) is 116 cm³/mol. The number of benzene rings is 2. The standard InChI is InChI=1S/C22H16Cl2N4O/c1-14-2-3-16(15-6-9-25-10-7-15)12-21(14)26-22(29)20-8-11-28(27-20)17-4-5-18(23)19(24)13-17/h2-13H,1H3,(H,26,29). The highest BCUT2D eigenvalue weighted by Gasteiger charge is 2.13. The summed E-state index contributed by atoms with van der Waals surface area (Å²) in [6, 6.07) is 16.6. The molecule has 29 heavy (non-hydrogen) atoms. The van der Waals surface area contributed by atoms with Gasteiger partial charge in [0.2, 0.25) is 0 Å². The van der Waals surface area contributed by atoms with Crippen molar-refractivity contribution < 1.29 is 4.79 Å². The van der Waals surface area contributed by atoms with Crippen LogP contribution in [0, 0.1) is 6.92 Å². The van der Waals surface area contributed by atoms with Gasteiger partial charge in [-0.1, -0.05) is 35.3 Å². The van der Waals surface area contributed by atoms with E-state index in [1.165, 1.54) is 0 Å². The van der Waals surface area contributed by atoms with E-state index in [1.807, 2.05) is 37.3 Å². The number of rotatable bonds is 4. The van der Waals surface area contributed by atoms with E-state index in [0.717, 1.165) is 22.4 Å². The molecular formula is C22H16Cl2N4O. The Kier molecular flexibility index (Phi) is 5.34. The lowest BCUT2D eigenvalue weighted by Crippen LogP contribution is -2.14. The summed E-state index contributed by atoms with van der Waals surface area (Å²) in [5.41, 5.74) is 4.72. The van der Waals surface area contributed by atoms with Crippen LogP contribution in [0.4, 0.5) is 5.69 Å². The van der Waals surface area contributed by atoms with Crippen LogP contribution in [0.5, 0.6) is 0 Å². The summed E-state index contributed by atoms with van der Waals surface area (Å²) < 4.78 is 1.58. The number of amides is 1. The van der Waals surface area contributed by atoms with Gasteiger partial charge in [0.05, 0.1) is 15.7 Å². The van der Waals surface area contributed by atoms with Crippen LogP contribution >= 0.6 is 23.2 Å². The molecule has 0 radical (unpaired) electrons. The van der Waals surface area contributed by atoms with Crippen molar-refractivity contribution in [1.29, 1.82) is 0 Å². The van der Waals surface area contributed by atoms with Gasteiger partial charge in [0, 0.05) is 24.3 Å². The Hall–Kier alpha value is -3.15. The maximum absolute atomic E-state index is 12.7. The minimum Gasteiger partial charge on any atom is -0.320 e. The molecule has 0 fully saturated rings. The Morgan fingerprint density at radius 3 is 2.48 bits per heavy atom. The molecule has 2 aromatic heterocycles. The van der Waals surface area contributed by atoms with E-state index in [9.17, 15) is 4.79 Å². The van der Waals surface area contributed by atoms with Crippen molar-refractivity contribution in [2.75, 3.05) is 5.32 Å². The lowest BCUT2D eigenvalue weighted by Gasteiger charge is -2.10. The van der Waals surface area contributed by atoms with E-state index in [0.29, 0.717) is 21.4 Å². The zero-order valence-corrected chi connectivity index (χ0v) is 16.9. The van der Waals surface area contributed by atoms with Gasteiger partial charge in [-0.2, -0.15) is 5.10 Å². The first kappa shape index (κ1) is 19.2. The maximum atomic E-state index is 12.7. The molecule has 0 aliphatic heterocycles. The van der Waals surface area contributed by atoms with E-state index < -0.39 is 0 Å². The van der Waals surface area contributed by atoms with Crippen LogP contribution in [-0.4, -0.2) is 20.7 Å². The Morgan fingerprint density at radius 1 is 0.931 bits per heavy atom. The van der Waals surface area contributed by atoms with Crippen LogP contribution in [-0.2, 0) is 0 Å². The first-order valence-electron chi connectivity index (χ1n) is 8.85. The number of aryl methyl sites for hydroxylation is 1. The molecule has 7 heteroatoms. The lowest BCUT2D eigenvalue weighted by molar-refractivity contribution is 0.102. The number of nitrogens with zero attached hydrogens (tertiary/aromatic N) is 3. The monoisotopic (exact) mass is 422 g/mol. The fourth-order valence-corrected chi connectivity index (χ4v) is 3.18. The first-order chi connectivity index (χ1) is 14.0. The third-order valence-electron chi connectivity index (χ3n) is 4.49. The number of halogens is 2. The highest BCUT2D eigenvalue weighted by Crippen LogP contribution is 2.26. The summed E-state index contributed by atoms with van der Waals surface area (Å²) in [6.07, 6.45) is 5.18. The fraction of sp³-hybridized carbons (Fsp3) is 0.0455. The average molecular weight is 423 g/mol. The Bertz CT molecular complexity index is 1190. The van der Waals surface area contributed by atoms with Gasteiger partial charge in [-0.25, -0.2) is 4.68 Å². The zero-order chi connectivity index (χ0) is 20.4. The zero-order valence-electron chi connectivity index (χ0n) is 15.4. The summed E-state index contributed by atoms with van der Waals surface area (Å²) >= 11 is 12.0. The molecule has 5 nitrogen and oxygen atoms in total. The molecule has 0 saturated heterocycles. The second kappa shape index (κ2) is 8.07. The number of hydrogen-bond donors (Lipinski definition) is 1. The van der Waals surface area contributed by atoms with Crippen LogP contribution in [0.2, 0.25) is 10.0 Å². The van der Waals surface area contributed by atoms with Gasteiger partial charge < -0.3 is 5.32 Å². The van der Waals surface area contributed by atoms with E-state index in [-0.39, 0.29) is 5.91 Å². The highest BCUT2D eigenvalue weighted by atomic mass is 35.5. The van der Waals surface area contributed by atoms with Crippen LogP contribution in [0.25, 0.3) is 16.8 Å². The molecule has 0 bridgehead atoms. The van der Waals surface area contributed by atoms with Crippen molar-refractivity contribution in [3.63, 3.8) is 0 Å². The molecule has 0 saturated carbocycles. The number of pyridine rings is 1. The molecule has 1 amide bonds. The molecule has 0 aliphatic rings. The average Bonchev–Trinajstić information content (AvgIpc) is 3.23. The third-order valence-corrected chi connectivity index (χ3v) is 5.23. The number of hydrogen-bond acceptors (Lipinski definition) is 3. The largest absolute Gasteiger partial charge is 0.320 e. The van der Waals surface area contributed by atoms with Crippen molar-refractivity contribution >= 4 is 34.8 Å². The second-order valence-corrected chi connectivity index (χ2v) is 7.28. The Labute approximate surface area is 177 Å². The number of carbonyl (C=O) groups excluding carboxylic acids is 1. The van der Waals surface area contributed by atoms with Gasteiger partial charge in [-0.3, -0.25) is 9.78 Å². The fourth-order valence-electron chi connectivity index (χ4n) is 2.88. The van der Waals surface area contributed by atoms with Crippen molar-refractivity contribution in [3.8, 4) is 16.8 Å². The lowest BCUT2D eigenvalue weighted by atomic mass is 10.0. The number of anilines is 1. The van der Waals surface area contributed by atoms with Crippen molar-refractivity contribution in [1.82, 2.24) is 14.8 Å². The first-order valence-corrected chi connectivity index (χ1v) is 9.60. The summed E-state index contributed by atoms with van der Waals surface area (Å²) in [6.45, 7) is 1.94. The molecule has 0 atom stereocenters. The number of nitrogens with one attached hydrogen (secondary N) is 1. The molecule has 0 unspecified atom stereocenters. The summed E-state index contributed by atoms with van der Waals surface area (Å²) in [5, 5.41) is 8.18. The van der Waals surface area contributed by atoms with Crippen LogP contribution in [0.3, 0.4) is 0 Å². The number of carbonyl (C=O) groups is 1. The van der Waals surface area contributed by atoms with E-state index in [1.54, 1.807) is 47.5 Å². The van der Waals surface area contributed by atoms with Crippen molar-refractivity contribution in [3.05, 3.63) is 94.5 Å². The van der Waals surface area contributed by atoms with Crippen LogP contribution in [0.1, 0.15) is 16.1 Å². The molecule has 0 spiro atoms. The molecule has 0 aliphatic carbocycles. The molecule has 4 aromatic rings. The van der Waals surface area contributed by atoms with Gasteiger partial charge in [-0.15, -0.1) is 0 Å². The highest BCUT2D eigenvalue weighted by molar-refractivity contribution is 6.42. The van der Waals surface area contributed by atoms with Gasteiger partial charge in [0.15, 0.2) is 5.69 Å². The topological polar surface area (TPSA) is 59.8 Å². The van der Waals surface area contributed by atoms with E-state index >= 15 is 0 Å². The van der Waals surface area contributed by atoms with Gasteiger partial charge in [-0.05, 0) is 66.1 Å².